The van der Waals surface area contributed by atoms with E-state index in [9.17, 15) is 14.4 Å². The lowest BCUT2D eigenvalue weighted by molar-refractivity contribution is -0.118. The van der Waals surface area contributed by atoms with Crippen LogP contribution in [0.5, 0.6) is 0 Å². The van der Waals surface area contributed by atoms with Gasteiger partial charge in [-0.25, -0.2) is 4.98 Å². The first kappa shape index (κ1) is 19.3. The predicted molar refractivity (Wildman–Crippen MR) is 110 cm³/mol. The molecule has 2 aromatic carbocycles. The van der Waals surface area contributed by atoms with Crippen molar-refractivity contribution in [1.29, 1.82) is 0 Å². The largest absolute Gasteiger partial charge is 0.324 e. The van der Waals surface area contributed by atoms with E-state index in [1.807, 2.05) is 25.1 Å². The van der Waals surface area contributed by atoms with E-state index in [4.69, 9.17) is 0 Å². The number of benzene rings is 2. The SMILES string of the molecule is CCC(=O)N(C)c1nc2ccccc2n(CC(=O)Nc2ccccc2C)c1=O. The Morgan fingerprint density at radius 2 is 1.79 bits per heavy atom. The monoisotopic (exact) mass is 378 g/mol. The molecule has 144 valence electrons. The summed E-state index contributed by atoms with van der Waals surface area (Å²) < 4.78 is 1.35. The first-order valence-corrected chi connectivity index (χ1v) is 9.04. The van der Waals surface area contributed by atoms with Gasteiger partial charge in [-0.15, -0.1) is 0 Å². The van der Waals surface area contributed by atoms with Gasteiger partial charge in [-0.3, -0.25) is 23.9 Å². The van der Waals surface area contributed by atoms with Crippen molar-refractivity contribution in [3.8, 4) is 0 Å². The smallest absolute Gasteiger partial charge is 0.294 e. The zero-order valence-electron chi connectivity index (χ0n) is 16.1. The maximum absolute atomic E-state index is 13.0. The summed E-state index contributed by atoms with van der Waals surface area (Å²) in [7, 11) is 1.52. The van der Waals surface area contributed by atoms with Gasteiger partial charge in [-0.05, 0) is 30.7 Å². The van der Waals surface area contributed by atoms with E-state index >= 15 is 0 Å². The Labute approximate surface area is 162 Å². The third kappa shape index (κ3) is 3.78. The summed E-state index contributed by atoms with van der Waals surface area (Å²) in [6.45, 7) is 3.43. The number of para-hydroxylation sites is 3. The molecule has 0 saturated heterocycles. The van der Waals surface area contributed by atoms with Crippen LogP contribution in [0.1, 0.15) is 18.9 Å². The second-order valence-electron chi connectivity index (χ2n) is 6.48. The number of hydrogen-bond donors (Lipinski definition) is 1. The number of carbonyl (C=O) groups excluding carboxylic acids is 2. The molecule has 0 aliphatic rings. The topological polar surface area (TPSA) is 84.3 Å². The van der Waals surface area contributed by atoms with Gasteiger partial charge in [0, 0.05) is 19.2 Å². The molecule has 0 aliphatic carbocycles. The second kappa shape index (κ2) is 8.04. The van der Waals surface area contributed by atoms with Gasteiger partial charge in [0.1, 0.15) is 6.54 Å². The number of rotatable bonds is 5. The van der Waals surface area contributed by atoms with Gasteiger partial charge in [0.15, 0.2) is 0 Å². The Balaban J connectivity index is 2.03. The molecule has 7 heteroatoms. The highest BCUT2D eigenvalue weighted by atomic mass is 16.2. The number of amides is 2. The fourth-order valence-corrected chi connectivity index (χ4v) is 2.96. The van der Waals surface area contributed by atoms with Crippen molar-refractivity contribution >= 4 is 34.4 Å². The van der Waals surface area contributed by atoms with E-state index < -0.39 is 5.56 Å². The van der Waals surface area contributed by atoms with Gasteiger partial charge < -0.3 is 5.32 Å². The Morgan fingerprint density at radius 3 is 2.50 bits per heavy atom. The van der Waals surface area contributed by atoms with Crippen LogP contribution in [0.3, 0.4) is 0 Å². The van der Waals surface area contributed by atoms with Crippen LogP contribution in [0.4, 0.5) is 11.5 Å². The normalized spacial score (nSPS) is 10.7. The van der Waals surface area contributed by atoms with Crippen molar-refractivity contribution in [1.82, 2.24) is 9.55 Å². The van der Waals surface area contributed by atoms with Gasteiger partial charge in [0.25, 0.3) is 5.56 Å². The molecule has 3 rings (SSSR count). The van der Waals surface area contributed by atoms with Crippen LogP contribution >= 0.6 is 0 Å². The lowest BCUT2D eigenvalue weighted by Gasteiger charge is -2.18. The van der Waals surface area contributed by atoms with Crippen LogP contribution in [0, 0.1) is 6.92 Å². The Kier molecular flexibility index (Phi) is 5.54. The zero-order chi connectivity index (χ0) is 20.3. The number of aromatic nitrogens is 2. The maximum atomic E-state index is 13.0. The number of anilines is 2. The minimum atomic E-state index is -0.483. The summed E-state index contributed by atoms with van der Waals surface area (Å²) in [4.78, 5) is 43.3. The summed E-state index contributed by atoms with van der Waals surface area (Å²) >= 11 is 0. The maximum Gasteiger partial charge on any atom is 0.294 e. The highest BCUT2D eigenvalue weighted by molar-refractivity contribution is 5.94. The van der Waals surface area contributed by atoms with Crippen molar-refractivity contribution in [2.24, 2.45) is 0 Å². The fraction of sp³-hybridized carbons (Fsp3) is 0.238. The number of aryl methyl sites for hydroxylation is 1. The minimum absolute atomic E-state index is 0.00856. The van der Waals surface area contributed by atoms with Crippen LogP contribution in [0.2, 0.25) is 0 Å². The average molecular weight is 378 g/mol. The van der Waals surface area contributed by atoms with E-state index in [0.717, 1.165) is 5.56 Å². The van der Waals surface area contributed by atoms with Crippen molar-refractivity contribution in [2.75, 3.05) is 17.3 Å². The Bertz CT molecular complexity index is 1100. The molecule has 28 heavy (non-hydrogen) atoms. The molecule has 1 aromatic heterocycles. The van der Waals surface area contributed by atoms with Gasteiger partial charge in [0.2, 0.25) is 17.6 Å². The summed E-state index contributed by atoms with van der Waals surface area (Å²) in [5, 5.41) is 2.83. The molecular weight excluding hydrogens is 356 g/mol. The number of nitrogens with one attached hydrogen (secondary N) is 1. The first-order valence-electron chi connectivity index (χ1n) is 9.04. The summed E-state index contributed by atoms with van der Waals surface area (Å²) in [5.74, 6) is -0.548. The van der Waals surface area contributed by atoms with Crippen molar-refractivity contribution < 1.29 is 9.59 Å². The van der Waals surface area contributed by atoms with E-state index in [1.54, 1.807) is 37.3 Å². The molecule has 0 spiro atoms. The first-order chi connectivity index (χ1) is 13.4. The molecule has 0 unspecified atom stereocenters. The van der Waals surface area contributed by atoms with Gasteiger partial charge in [0.05, 0.1) is 11.0 Å². The van der Waals surface area contributed by atoms with Gasteiger partial charge in [-0.2, -0.15) is 0 Å². The van der Waals surface area contributed by atoms with Gasteiger partial charge in [-0.1, -0.05) is 37.3 Å². The molecule has 0 saturated carbocycles. The number of carbonyl (C=O) groups is 2. The quantitative estimate of drug-likeness (QED) is 0.740. The molecule has 1 N–H and O–H groups in total. The van der Waals surface area contributed by atoms with Crippen LogP contribution in [0.15, 0.2) is 53.3 Å². The molecule has 0 bridgehead atoms. The third-order valence-electron chi connectivity index (χ3n) is 4.55. The minimum Gasteiger partial charge on any atom is -0.324 e. The van der Waals surface area contributed by atoms with Gasteiger partial charge >= 0.3 is 0 Å². The highest BCUT2D eigenvalue weighted by Gasteiger charge is 2.19. The van der Waals surface area contributed by atoms with E-state index in [1.165, 1.54) is 16.5 Å². The standard InChI is InChI=1S/C21H22N4O3/c1-4-19(27)24(3)20-21(28)25(17-12-8-7-11-16(17)23-20)13-18(26)22-15-10-6-5-9-14(15)2/h5-12H,4,13H2,1-3H3,(H,22,26). The molecule has 0 atom stereocenters. The zero-order valence-corrected chi connectivity index (χ0v) is 16.1. The number of hydrogen-bond acceptors (Lipinski definition) is 4. The summed E-state index contributed by atoms with van der Waals surface area (Å²) in [6, 6.07) is 14.5. The van der Waals surface area contributed by atoms with Crippen molar-refractivity contribution in [3.05, 3.63) is 64.4 Å². The van der Waals surface area contributed by atoms with Crippen LogP contribution < -0.4 is 15.8 Å². The molecular formula is C21H22N4O3. The predicted octanol–water partition coefficient (Wildman–Crippen LogP) is 2.72. The third-order valence-corrected chi connectivity index (χ3v) is 4.55. The molecule has 3 aromatic rings. The lowest BCUT2D eigenvalue weighted by atomic mass is 10.2. The molecule has 0 radical (unpaired) electrons. The van der Waals surface area contributed by atoms with E-state index in [-0.39, 0.29) is 30.6 Å². The number of fused-ring (bicyclic) bond motifs is 1. The van der Waals surface area contributed by atoms with Crippen molar-refractivity contribution in [3.63, 3.8) is 0 Å². The van der Waals surface area contributed by atoms with Crippen LogP contribution in [0.25, 0.3) is 11.0 Å². The Hall–Kier alpha value is -3.48. The summed E-state index contributed by atoms with van der Waals surface area (Å²) in [6.07, 6.45) is 0.248. The molecule has 1 heterocycles. The highest BCUT2D eigenvalue weighted by Crippen LogP contribution is 2.16. The lowest BCUT2D eigenvalue weighted by Crippen LogP contribution is -2.36. The van der Waals surface area contributed by atoms with Crippen LogP contribution in [-0.4, -0.2) is 28.4 Å². The van der Waals surface area contributed by atoms with Crippen LogP contribution in [-0.2, 0) is 16.1 Å². The van der Waals surface area contributed by atoms with E-state index in [2.05, 4.69) is 10.3 Å². The Morgan fingerprint density at radius 1 is 1.11 bits per heavy atom. The fourth-order valence-electron chi connectivity index (χ4n) is 2.96. The second-order valence-corrected chi connectivity index (χ2v) is 6.48. The van der Waals surface area contributed by atoms with E-state index in [0.29, 0.717) is 16.7 Å². The molecule has 2 amide bonds. The van der Waals surface area contributed by atoms with Crippen molar-refractivity contribution in [2.45, 2.75) is 26.8 Å². The molecule has 7 nitrogen and oxygen atoms in total. The summed E-state index contributed by atoms with van der Waals surface area (Å²) in [5.41, 5.74) is 2.21. The number of nitrogens with zero attached hydrogens (tertiary/aromatic N) is 3. The molecule has 0 fully saturated rings. The average Bonchev–Trinajstić information content (AvgIpc) is 2.70. The molecule has 0 aliphatic heterocycles.